The molecule has 4 aliphatic carbocycles. The SMILES string of the molecule is CC[C@H]1CCC2C3CCC4=CC(=O)CC[C@]4(O)C3CCC21C. The molecule has 0 aromatic rings. The fraction of sp³-hybridized carbons (Fsp3) is 0.850. The summed E-state index contributed by atoms with van der Waals surface area (Å²) in [4.78, 5) is 11.7. The summed E-state index contributed by atoms with van der Waals surface area (Å²) in [6.45, 7) is 4.89. The second kappa shape index (κ2) is 4.93. The molecular formula is C20H30O2. The zero-order valence-electron chi connectivity index (χ0n) is 14.1. The highest BCUT2D eigenvalue weighted by Crippen LogP contribution is 2.64. The highest BCUT2D eigenvalue weighted by molar-refractivity contribution is 5.92. The summed E-state index contributed by atoms with van der Waals surface area (Å²) >= 11 is 0. The van der Waals surface area contributed by atoms with E-state index in [0.29, 0.717) is 30.1 Å². The van der Waals surface area contributed by atoms with Crippen LogP contribution in [0.3, 0.4) is 0 Å². The third-order valence-electron chi connectivity index (χ3n) is 8.13. The number of hydrogen-bond donors (Lipinski definition) is 1. The standard InChI is InChI=1S/C20H30O2/c1-3-13-5-7-17-16-6-4-14-12-15(21)8-11-20(14,22)18(16)9-10-19(13,17)2/h12-13,16-18,22H,3-11H2,1-2H3/t13-,16?,17?,18?,19?,20+/m0/s1. The Morgan fingerprint density at radius 1 is 1.14 bits per heavy atom. The van der Waals surface area contributed by atoms with Crippen LogP contribution in [0.4, 0.5) is 0 Å². The van der Waals surface area contributed by atoms with E-state index in [0.717, 1.165) is 30.3 Å². The molecule has 6 atom stereocenters. The lowest BCUT2D eigenvalue weighted by Gasteiger charge is -2.57. The maximum Gasteiger partial charge on any atom is 0.155 e. The molecule has 4 rings (SSSR count). The first kappa shape index (κ1) is 14.9. The van der Waals surface area contributed by atoms with Crippen molar-refractivity contribution in [3.8, 4) is 0 Å². The van der Waals surface area contributed by atoms with Gasteiger partial charge in [0.25, 0.3) is 0 Å². The molecule has 0 aromatic heterocycles. The first-order valence-corrected chi connectivity index (χ1v) is 9.45. The highest BCUT2D eigenvalue weighted by atomic mass is 16.3. The lowest BCUT2D eigenvalue weighted by molar-refractivity contribution is -0.126. The van der Waals surface area contributed by atoms with Crippen LogP contribution in [0.15, 0.2) is 11.6 Å². The number of rotatable bonds is 1. The van der Waals surface area contributed by atoms with Crippen LogP contribution in [-0.4, -0.2) is 16.5 Å². The Morgan fingerprint density at radius 2 is 1.95 bits per heavy atom. The molecule has 0 spiro atoms. The van der Waals surface area contributed by atoms with Crippen LogP contribution in [0, 0.1) is 29.1 Å². The molecule has 0 bridgehead atoms. The van der Waals surface area contributed by atoms with E-state index < -0.39 is 5.60 Å². The van der Waals surface area contributed by atoms with Gasteiger partial charge in [-0.2, -0.15) is 0 Å². The summed E-state index contributed by atoms with van der Waals surface area (Å²) in [6, 6.07) is 0. The Labute approximate surface area is 134 Å². The number of carbonyl (C=O) groups excluding carboxylic acids is 1. The van der Waals surface area contributed by atoms with E-state index in [-0.39, 0.29) is 5.78 Å². The molecule has 1 N–H and O–H groups in total. The molecule has 4 aliphatic rings. The van der Waals surface area contributed by atoms with Gasteiger partial charge in [-0.3, -0.25) is 4.79 Å². The minimum absolute atomic E-state index is 0.227. The fourth-order valence-corrected chi connectivity index (χ4v) is 6.96. The number of carbonyl (C=O) groups is 1. The molecule has 2 nitrogen and oxygen atoms in total. The van der Waals surface area contributed by atoms with E-state index in [4.69, 9.17) is 0 Å². The average Bonchev–Trinajstić information content (AvgIpc) is 2.84. The Kier molecular flexibility index (Phi) is 3.35. The van der Waals surface area contributed by atoms with Crippen LogP contribution < -0.4 is 0 Å². The minimum Gasteiger partial charge on any atom is -0.385 e. The van der Waals surface area contributed by atoms with Crippen LogP contribution in [0.5, 0.6) is 0 Å². The maximum absolute atomic E-state index is 11.7. The molecule has 4 unspecified atom stereocenters. The van der Waals surface area contributed by atoms with Crippen molar-refractivity contribution in [2.75, 3.05) is 0 Å². The van der Waals surface area contributed by atoms with Crippen molar-refractivity contribution in [2.45, 2.75) is 77.2 Å². The fourth-order valence-electron chi connectivity index (χ4n) is 6.96. The van der Waals surface area contributed by atoms with Crippen molar-refractivity contribution in [1.29, 1.82) is 0 Å². The van der Waals surface area contributed by atoms with Crippen molar-refractivity contribution in [3.63, 3.8) is 0 Å². The molecule has 22 heavy (non-hydrogen) atoms. The van der Waals surface area contributed by atoms with E-state index in [2.05, 4.69) is 13.8 Å². The molecule has 0 aromatic carbocycles. The Morgan fingerprint density at radius 3 is 2.73 bits per heavy atom. The second-order valence-electron chi connectivity index (χ2n) is 8.70. The predicted octanol–water partition coefficient (Wildman–Crippen LogP) is 4.27. The first-order valence-electron chi connectivity index (χ1n) is 9.45. The zero-order chi connectivity index (χ0) is 15.5. The maximum atomic E-state index is 11.7. The molecule has 0 amide bonds. The van der Waals surface area contributed by atoms with E-state index in [1.165, 1.54) is 32.1 Å². The Balaban J connectivity index is 1.67. The van der Waals surface area contributed by atoms with E-state index >= 15 is 0 Å². The lowest BCUT2D eigenvalue weighted by Crippen LogP contribution is -2.55. The van der Waals surface area contributed by atoms with Gasteiger partial charge < -0.3 is 5.11 Å². The van der Waals surface area contributed by atoms with E-state index in [1.54, 1.807) is 6.08 Å². The van der Waals surface area contributed by atoms with Gasteiger partial charge in [-0.1, -0.05) is 20.3 Å². The summed E-state index contributed by atoms with van der Waals surface area (Å²) in [5, 5.41) is 11.4. The zero-order valence-corrected chi connectivity index (χ0v) is 14.1. The molecule has 3 saturated carbocycles. The van der Waals surface area contributed by atoms with Gasteiger partial charge in [0.2, 0.25) is 0 Å². The number of hydrogen-bond acceptors (Lipinski definition) is 2. The van der Waals surface area contributed by atoms with Crippen LogP contribution in [0.1, 0.15) is 71.6 Å². The summed E-state index contributed by atoms with van der Waals surface area (Å²) in [5.41, 5.74) is 0.930. The van der Waals surface area contributed by atoms with Crippen molar-refractivity contribution < 1.29 is 9.90 Å². The van der Waals surface area contributed by atoms with Gasteiger partial charge in [-0.25, -0.2) is 0 Å². The van der Waals surface area contributed by atoms with Gasteiger partial charge in [0.05, 0.1) is 5.60 Å². The van der Waals surface area contributed by atoms with Gasteiger partial charge >= 0.3 is 0 Å². The highest BCUT2D eigenvalue weighted by Gasteiger charge is 2.59. The Hall–Kier alpha value is -0.630. The Bertz CT molecular complexity index is 522. The number of aliphatic hydroxyl groups is 1. The van der Waals surface area contributed by atoms with Crippen LogP contribution in [-0.2, 0) is 4.79 Å². The van der Waals surface area contributed by atoms with Crippen LogP contribution >= 0.6 is 0 Å². The topological polar surface area (TPSA) is 37.3 Å². The van der Waals surface area contributed by atoms with Crippen molar-refractivity contribution in [2.24, 2.45) is 29.1 Å². The number of fused-ring (bicyclic) bond motifs is 5. The van der Waals surface area contributed by atoms with E-state index in [1.807, 2.05) is 0 Å². The van der Waals surface area contributed by atoms with Gasteiger partial charge in [0, 0.05) is 6.42 Å². The largest absolute Gasteiger partial charge is 0.385 e. The molecule has 0 aliphatic heterocycles. The number of ketones is 1. The first-order chi connectivity index (χ1) is 10.5. The van der Waals surface area contributed by atoms with Gasteiger partial charge in [0.1, 0.15) is 0 Å². The normalized spacial score (nSPS) is 50.9. The van der Waals surface area contributed by atoms with Crippen molar-refractivity contribution >= 4 is 5.78 Å². The third-order valence-corrected chi connectivity index (χ3v) is 8.13. The van der Waals surface area contributed by atoms with Crippen molar-refractivity contribution in [1.82, 2.24) is 0 Å². The quantitative estimate of drug-likeness (QED) is 0.785. The van der Waals surface area contributed by atoms with Crippen LogP contribution in [0.25, 0.3) is 0 Å². The molecule has 2 heteroatoms. The molecular weight excluding hydrogens is 272 g/mol. The summed E-state index contributed by atoms with van der Waals surface area (Å²) in [7, 11) is 0. The molecule has 3 fully saturated rings. The summed E-state index contributed by atoms with van der Waals surface area (Å²) in [5.74, 6) is 3.02. The van der Waals surface area contributed by atoms with Gasteiger partial charge in [0.15, 0.2) is 5.78 Å². The molecule has 122 valence electrons. The summed E-state index contributed by atoms with van der Waals surface area (Å²) in [6.07, 6.45) is 11.7. The smallest absolute Gasteiger partial charge is 0.155 e. The average molecular weight is 302 g/mol. The molecule has 0 radical (unpaired) electrons. The van der Waals surface area contributed by atoms with Crippen molar-refractivity contribution in [3.05, 3.63) is 11.6 Å². The monoisotopic (exact) mass is 302 g/mol. The van der Waals surface area contributed by atoms with Crippen LogP contribution in [0.2, 0.25) is 0 Å². The van der Waals surface area contributed by atoms with Gasteiger partial charge in [-0.15, -0.1) is 0 Å². The predicted molar refractivity (Wildman–Crippen MR) is 87.3 cm³/mol. The molecule has 0 saturated heterocycles. The van der Waals surface area contributed by atoms with E-state index in [9.17, 15) is 9.90 Å². The second-order valence-corrected chi connectivity index (χ2v) is 8.70. The molecule has 0 heterocycles. The summed E-state index contributed by atoms with van der Waals surface area (Å²) < 4.78 is 0. The van der Waals surface area contributed by atoms with Gasteiger partial charge in [-0.05, 0) is 85.7 Å². The lowest BCUT2D eigenvalue weighted by atomic mass is 9.50. The third kappa shape index (κ3) is 1.85. The minimum atomic E-state index is -0.650.